The number of aromatic nitrogens is 6. The number of rotatable bonds is 30. The number of carbonyl (C=O) groups excluding carboxylic acids is 7. The molecule has 7 heterocycles. The Balaban J connectivity index is 0.000000195. The highest BCUT2D eigenvalue weighted by molar-refractivity contribution is 7.15. The molecular weight excluding hydrogens is 1790 g/mol. The SMILES string of the molecule is CC(C)OC(=O)NC1CC=C(c2cnc(-c3ccc(C[C@H](NC(=O)c4ccc(C(C)(C)C)s4)C(=O)N[C@H](C)C(=O)O)cc3)nc2)CC1.C[C@@H](NC(=O)[C@@H](CC(=O)c1ccc(C(C)(C)C)s1)Cc1ccc(-c2ncc(C3=CCC4(CC3)OCCO4)cn2)cc1)C(=O)O.C[C@@H](NC(=O)[C@H](Cc1ccc(-c2ncc(C3=CCC(C(F)(F)F)CC3)cn2)cc1)NC(=O)c1ccc(C(C)(C)C)s1)C(=O)O. The first-order valence-electron chi connectivity index (χ1n) is 44.9. The Labute approximate surface area is 795 Å². The minimum absolute atomic E-state index is 0.0240. The molecule has 4 aliphatic rings. The van der Waals surface area contributed by atoms with Crippen LogP contribution in [0.5, 0.6) is 0 Å². The van der Waals surface area contributed by atoms with Gasteiger partial charge in [0.2, 0.25) is 17.7 Å². The summed E-state index contributed by atoms with van der Waals surface area (Å²) in [5.41, 5.74) is 9.98. The molecule has 1 saturated heterocycles. The van der Waals surface area contributed by atoms with Crippen LogP contribution < -0.4 is 31.9 Å². The van der Waals surface area contributed by atoms with Crippen LogP contribution in [0, 0.1) is 11.8 Å². The largest absolute Gasteiger partial charge is 0.480 e. The molecule has 34 heteroatoms. The summed E-state index contributed by atoms with van der Waals surface area (Å²) in [6, 6.07) is 27.7. The van der Waals surface area contributed by atoms with Crippen molar-refractivity contribution in [2.24, 2.45) is 11.8 Å². The van der Waals surface area contributed by atoms with Crippen LogP contribution in [0.4, 0.5) is 18.0 Å². The van der Waals surface area contributed by atoms with Gasteiger partial charge in [-0.3, -0.25) is 43.2 Å². The summed E-state index contributed by atoms with van der Waals surface area (Å²) in [7, 11) is 0. The van der Waals surface area contributed by atoms with E-state index in [0.717, 1.165) is 91.3 Å². The third kappa shape index (κ3) is 29.3. The Morgan fingerprint density at radius 3 is 1.14 bits per heavy atom. The number of benzene rings is 3. The average molecular weight is 1910 g/mol. The Morgan fingerprint density at radius 2 is 0.807 bits per heavy atom. The van der Waals surface area contributed by atoms with E-state index in [-0.39, 0.29) is 72.7 Å². The number of aliphatic carboxylic acids is 3. The van der Waals surface area contributed by atoms with Gasteiger partial charge in [-0.05, 0) is 172 Å². The third-order valence-corrected chi connectivity index (χ3v) is 27.8. The molecule has 9 aromatic rings. The molecule has 6 amide bonds. The number of Topliss-reactive ketones (excluding diaryl/α,β-unsaturated/α-hetero) is 1. The van der Waals surface area contributed by atoms with Gasteiger partial charge < -0.3 is 61.4 Å². The summed E-state index contributed by atoms with van der Waals surface area (Å²) in [5.74, 6) is -7.09. The zero-order valence-electron chi connectivity index (χ0n) is 78.1. The number of halogens is 3. The number of ketones is 1. The highest BCUT2D eigenvalue weighted by atomic mass is 32.1. The van der Waals surface area contributed by atoms with Crippen molar-refractivity contribution in [3.63, 3.8) is 0 Å². The maximum atomic E-state index is 13.2. The van der Waals surface area contributed by atoms with Crippen LogP contribution in [0.15, 0.2) is 165 Å². The second kappa shape index (κ2) is 45.3. The third-order valence-electron chi connectivity index (χ3n) is 23.3. The second-order valence-electron chi connectivity index (χ2n) is 37.5. The molecule has 1 spiro atoms. The minimum Gasteiger partial charge on any atom is -0.480 e. The molecule has 9 N–H and O–H groups in total. The van der Waals surface area contributed by atoms with Gasteiger partial charge in [-0.2, -0.15) is 13.2 Å². The van der Waals surface area contributed by atoms with Crippen molar-refractivity contribution in [1.82, 2.24) is 61.8 Å². The first kappa shape index (κ1) is 103. The van der Waals surface area contributed by atoms with Crippen LogP contribution in [0.25, 0.3) is 50.9 Å². The number of ether oxygens (including phenoxy) is 3. The molecule has 28 nitrogen and oxygen atoms in total. The van der Waals surface area contributed by atoms with E-state index in [0.29, 0.717) is 74.9 Å². The maximum Gasteiger partial charge on any atom is 0.407 e. The van der Waals surface area contributed by atoms with E-state index in [1.54, 1.807) is 67.3 Å². The van der Waals surface area contributed by atoms with Crippen molar-refractivity contribution in [1.29, 1.82) is 0 Å². The molecule has 0 bridgehead atoms. The molecular formula is C101H117F3N12O16S3. The van der Waals surface area contributed by atoms with Crippen LogP contribution in [-0.4, -0.2) is 172 Å². The lowest BCUT2D eigenvalue weighted by Crippen LogP contribution is -2.51. The predicted octanol–water partition coefficient (Wildman–Crippen LogP) is 17.5. The van der Waals surface area contributed by atoms with Gasteiger partial charge in [0.15, 0.2) is 29.0 Å². The Morgan fingerprint density at radius 1 is 0.444 bits per heavy atom. The fraction of sp³-hybridized carbons (Fsp3) is 0.426. The topological polar surface area (TPSA) is 409 Å². The van der Waals surface area contributed by atoms with Crippen LogP contribution >= 0.6 is 34.0 Å². The van der Waals surface area contributed by atoms with Gasteiger partial charge >= 0.3 is 30.2 Å². The lowest BCUT2D eigenvalue weighted by atomic mass is 9.87. The Kier molecular flexibility index (Phi) is 34.6. The van der Waals surface area contributed by atoms with Gasteiger partial charge in [0.25, 0.3) is 11.8 Å². The van der Waals surface area contributed by atoms with Crippen LogP contribution in [0.1, 0.15) is 238 Å². The van der Waals surface area contributed by atoms with Gasteiger partial charge in [0, 0.05) is 129 Å². The number of carboxylic acid groups (broad SMARTS) is 3. The number of alkyl halides is 3. The molecule has 1 aliphatic heterocycles. The van der Waals surface area contributed by atoms with E-state index in [1.165, 1.54) is 60.4 Å². The standard InChI is InChI=1S/C35H43N5O6S.C34H39N3O6S.C32H35F3N4O4S/c1-20(2)46-34(45)39-26-13-11-23(12-14-26)25-18-36-30(37-19-25)24-9-7-22(8-10-24)17-27(31(41)38-21(3)33(43)44)40-32(42)28-15-16-29(47-28)35(4,5)6;1-21(32(40)41)37-31(39)25(18-27(38)28-9-10-29(44-28)33(2,3)4)17-22-5-7-24(8-6-22)30-35-19-26(20-36-30)23-11-13-34(14-12-23)42-15-16-43-34;1-18(30(42)43)38-28(40)24(39-29(41)25-13-14-26(44-25)31(2,3)4)15-19-5-7-21(8-6-19)27-36-16-22(17-37-27)20-9-11-23(12-10-20)32(33,34)35/h7-11,15-16,18-21,26-27H,12-14,17H2,1-6H3,(H,38,41)(H,39,45)(H,40,42)(H,43,44);5-11,19-21,25H,12-18H2,1-4H3,(H,37,39)(H,40,41);5-9,13-14,16-18,23-24H,10-12,15H2,1-4H3,(H,38,40)(H,39,41)(H,42,43)/t21-,26?,27+;21-,25-;18-,23?,24+/m111/s1. The predicted molar refractivity (Wildman–Crippen MR) is 511 cm³/mol. The lowest BCUT2D eigenvalue weighted by Gasteiger charge is -2.30. The van der Waals surface area contributed by atoms with Crippen molar-refractivity contribution < 1.29 is 90.6 Å². The summed E-state index contributed by atoms with van der Waals surface area (Å²) in [4.78, 5) is 157. The number of carboxylic acids is 3. The van der Waals surface area contributed by atoms with Gasteiger partial charge in [-0.1, -0.05) is 153 Å². The molecule has 0 radical (unpaired) electrons. The van der Waals surface area contributed by atoms with Crippen molar-refractivity contribution in [2.75, 3.05) is 13.2 Å². The smallest absolute Gasteiger partial charge is 0.407 e. The summed E-state index contributed by atoms with van der Waals surface area (Å²) >= 11 is 4.14. The lowest BCUT2D eigenvalue weighted by molar-refractivity contribution is -0.175. The van der Waals surface area contributed by atoms with Crippen molar-refractivity contribution in [3.8, 4) is 34.2 Å². The first-order chi connectivity index (χ1) is 63.7. The van der Waals surface area contributed by atoms with Gasteiger partial charge in [0.05, 0.1) is 39.9 Å². The van der Waals surface area contributed by atoms with Gasteiger partial charge in [-0.15, -0.1) is 34.0 Å². The maximum absolute atomic E-state index is 13.2. The van der Waals surface area contributed by atoms with Crippen LogP contribution in [-0.2, 0) is 78.5 Å². The number of nitrogens with one attached hydrogen (secondary N) is 6. The molecule has 13 rings (SSSR count). The van der Waals surface area contributed by atoms with E-state index in [2.05, 4.69) is 115 Å². The summed E-state index contributed by atoms with van der Waals surface area (Å²) in [6.45, 7) is 27.6. The molecule has 6 aromatic heterocycles. The first-order valence-corrected chi connectivity index (χ1v) is 47.4. The fourth-order valence-electron chi connectivity index (χ4n) is 15.1. The Hall–Kier alpha value is -12.4. The number of thiophene rings is 3. The monoisotopic (exact) mass is 1910 g/mol. The second-order valence-corrected chi connectivity index (χ2v) is 40.7. The summed E-state index contributed by atoms with van der Waals surface area (Å²) in [5, 5.41) is 43.8. The summed E-state index contributed by atoms with van der Waals surface area (Å²) in [6.07, 6.45) is 17.0. The molecule has 135 heavy (non-hydrogen) atoms. The quantitative estimate of drug-likeness (QED) is 0.0189. The molecule has 8 atom stereocenters. The number of hydrogen-bond acceptors (Lipinski definition) is 22. The number of amides is 6. The number of nitrogens with zero attached hydrogens (tertiary/aromatic N) is 6. The van der Waals surface area contributed by atoms with E-state index in [4.69, 9.17) is 14.2 Å². The molecule has 1 fully saturated rings. The minimum atomic E-state index is -4.19. The highest BCUT2D eigenvalue weighted by Gasteiger charge is 2.41. The van der Waals surface area contributed by atoms with E-state index in [9.17, 15) is 76.4 Å². The van der Waals surface area contributed by atoms with E-state index >= 15 is 0 Å². The zero-order valence-corrected chi connectivity index (χ0v) is 80.5. The molecule has 3 aliphatic carbocycles. The molecule has 2 unspecified atom stereocenters. The van der Waals surface area contributed by atoms with Crippen molar-refractivity contribution in [2.45, 2.75) is 251 Å². The number of allylic oxidation sites excluding steroid dienone is 4. The van der Waals surface area contributed by atoms with Crippen molar-refractivity contribution in [3.05, 3.63) is 227 Å². The number of alkyl carbamates (subject to hydrolysis) is 1. The summed E-state index contributed by atoms with van der Waals surface area (Å²) < 4.78 is 55.7. The molecule has 0 saturated carbocycles. The Bertz CT molecular complexity index is 5790. The normalized spacial score (nSPS) is 16.8. The van der Waals surface area contributed by atoms with Gasteiger partial charge in [-0.25, -0.2) is 34.7 Å². The van der Waals surface area contributed by atoms with Crippen LogP contribution in [0.2, 0.25) is 0 Å². The van der Waals surface area contributed by atoms with E-state index in [1.807, 2.05) is 120 Å². The molecule has 3 aromatic carbocycles. The van der Waals surface area contributed by atoms with Gasteiger partial charge in [0.1, 0.15) is 30.2 Å². The fourth-order valence-corrected chi connectivity index (χ4v) is 18.1. The highest BCUT2D eigenvalue weighted by Crippen LogP contribution is 2.42. The molecule has 716 valence electrons. The van der Waals surface area contributed by atoms with E-state index < -0.39 is 108 Å². The zero-order chi connectivity index (χ0) is 98.0. The average Bonchev–Trinajstić information content (AvgIpc) is 1.74. The number of carbonyl (C=O) groups is 10. The van der Waals surface area contributed by atoms with Crippen molar-refractivity contribution >= 4 is 110 Å². The van der Waals surface area contributed by atoms with Crippen LogP contribution in [0.3, 0.4) is 0 Å². The number of hydrogen-bond donors (Lipinski definition) is 9.